The van der Waals surface area contributed by atoms with E-state index in [1.54, 1.807) is 0 Å². The van der Waals surface area contributed by atoms with E-state index < -0.39 is 82.0 Å². The van der Waals surface area contributed by atoms with Crippen molar-refractivity contribution in [3.8, 4) is 0 Å². The van der Waals surface area contributed by atoms with E-state index in [2.05, 4.69) is 0 Å². The van der Waals surface area contributed by atoms with E-state index in [0.29, 0.717) is 0 Å². The van der Waals surface area contributed by atoms with Crippen molar-refractivity contribution in [3.63, 3.8) is 0 Å². The van der Waals surface area contributed by atoms with Gasteiger partial charge in [0.2, 0.25) is 0 Å². The predicted octanol–water partition coefficient (Wildman–Crippen LogP) is 9.11. The van der Waals surface area contributed by atoms with Crippen LogP contribution in [0.5, 0.6) is 0 Å². The number of halogens is 26. The Kier molecular flexibility index (Phi) is 8.67. The van der Waals surface area contributed by atoms with Crippen LogP contribution in [-0.4, -0.2) is 70.2 Å². The molecule has 0 atom stereocenters. The molecule has 0 aromatic heterocycles. The minimum Gasteiger partial charge on any atom is -0.192 e. The highest BCUT2D eigenvalue weighted by Crippen LogP contribution is 2.67. The van der Waals surface area contributed by atoms with Crippen molar-refractivity contribution >= 4 is 11.8 Å². The summed E-state index contributed by atoms with van der Waals surface area (Å²) < 4.78 is 333. The number of alkyl halides is 26. The van der Waals surface area contributed by atoms with Crippen LogP contribution in [0, 0.1) is 0 Å². The molecule has 0 rings (SSSR count). The molecule has 0 bridgehead atoms. The molecule has 0 aliphatic rings. The first-order valence-electron chi connectivity index (χ1n) is 7.82. The summed E-state index contributed by atoms with van der Waals surface area (Å²) in [6.45, 7) is 0. The summed E-state index contributed by atoms with van der Waals surface area (Å²) >= 11 is -4.61. The van der Waals surface area contributed by atoms with Gasteiger partial charge in [0.15, 0.2) is 0 Å². The van der Waals surface area contributed by atoms with Gasteiger partial charge in [0.25, 0.3) is 0 Å². The van der Waals surface area contributed by atoms with Gasteiger partial charge < -0.3 is 0 Å². The van der Waals surface area contributed by atoms with Crippen LogP contribution >= 0.6 is 11.8 Å². The summed E-state index contributed by atoms with van der Waals surface area (Å²) in [5.74, 6) is -70.4. The lowest BCUT2D eigenvalue weighted by atomic mass is 9.98. The highest BCUT2D eigenvalue weighted by molar-refractivity contribution is 8.01. The van der Waals surface area contributed by atoms with Crippen LogP contribution in [0.3, 0.4) is 0 Å². The Balaban J connectivity index is 6.90. The lowest BCUT2D eigenvalue weighted by Gasteiger charge is -2.42. The molecule has 236 valence electrons. The van der Waals surface area contributed by atoms with Crippen molar-refractivity contribution in [1.82, 2.24) is 0 Å². The summed E-state index contributed by atoms with van der Waals surface area (Å²) in [6.07, 6.45) is -16.1. The van der Waals surface area contributed by atoms with Crippen LogP contribution in [0.15, 0.2) is 0 Å². The molecular weight excluding hydrogens is 670 g/mol. The van der Waals surface area contributed by atoms with E-state index in [0.717, 1.165) is 0 Å². The van der Waals surface area contributed by atoms with E-state index in [-0.39, 0.29) is 0 Å². The molecule has 0 spiro atoms. The summed E-state index contributed by atoms with van der Waals surface area (Å²) in [7, 11) is 0. The molecule has 0 aliphatic carbocycles. The van der Waals surface area contributed by atoms with Gasteiger partial charge in [-0.2, -0.15) is 114 Å². The maximum Gasteiger partial charge on any atom is 0.460 e. The molecule has 0 saturated carbocycles. The first kappa shape index (κ1) is 37.5. The zero-order valence-electron chi connectivity index (χ0n) is 16.2. The second-order valence-electron chi connectivity index (χ2n) is 6.73. The van der Waals surface area contributed by atoms with E-state index in [4.69, 9.17) is 0 Å². The van der Waals surface area contributed by atoms with Crippen molar-refractivity contribution in [3.05, 3.63) is 0 Å². The van der Waals surface area contributed by atoms with E-state index in [9.17, 15) is 114 Å². The van der Waals surface area contributed by atoms with Crippen LogP contribution in [-0.2, 0) is 0 Å². The fourth-order valence-corrected chi connectivity index (χ4v) is 2.63. The van der Waals surface area contributed by atoms with Gasteiger partial charge in [-0.15, -0.1) is 0 Å². The van der Waals surface area contributed by atoms with Crippen LogP contribution in [0.2, 0.25) is 0 Å². The first-order chi connectivity index (χ1) is 16.2. The van der Waals surface area contributed by atoms with Gasteiger partial charge in [-0.05, 0) is 11.8 Å². The fourth-order valence-electron chi connectivity index (χ4n) is 1.80. The van der Waals surface area contributed by atoms with Gasteiger partial charge in [0.1, 0.15) is 0 Å². The minimum atomic E-state index is -8.99. The van der Waals surface area contributed by atoms with Crippen molar-refractivity contribution in [2.24, 2.45) is 0 Å². The molecule has 0 fully saturated rings. The maximum atomic E-state index is 13.3. The molecule has 0 aromatic rings. The Morgan fingerprint density at radius 3 is 0.513 bits per heavy atom. The summed E-state index contributed by atoms with van der Waals surface area (Å²) in [4.78, 5) is 0. The van der Waals surface area contributed by atoms with Gasteiger partial charge >= 0.3 is 70.2 Å². The van der Waals surface area contributed by atoms with Gasteiger partial charge in [0, 0.05) is 0 Å². The van der Waals surface area contributed by atoms with Gasteiger partial charge in [-0.25, -0.2) is 0 Å². The first-order valence-corrected chi connectivity index (χ1v) is 8.64. The van der Waals surface area contributed by atoms with Crippen LogP contribution in [0.25, 0.3) is 0 Å². The molecule has 0 unspecified atom stereocenters. The molecule has 0 aliphatic heterocycles. The van der Waals surface area contributed by atoms with Gasteiger partial charge in [0.05, 0.1) is 0 Å². The van der Waals surface area contributed by atoms with E-state index >= 15 is 0 Å². The monoisotopic (exact) mass is 670 g/mol. The van der Waals surface area contributed by atoms with Gasteiger partial charge in [-0.3, -0.25) is 0 Å². The van der Waals surface area contributed by atoms with Crippen molar-refractivity contribution in [2.45, 2.75) is 70.2 Å². The molecule has 0 N–H and O–H groups in total. The Morgan fingerprint density at radius 1 is 0.205 bits per heavy atom. The lowest BCUT2D eigenvalue weighted by molar-refractivity contribution is -0.435. The summed E-state index contributed by atoms with van der Waals surface area (Å²) in [6, 6.07) is 0. The number of rotatable bonds is 10. The second kappa shape index (κ2) is 9.01. The highest BCUT2D eigenvalue weighted by Gasteiger charge is 2.94. The Labute approximate surface area is 197 Å². The fraction of sp³-hybridized carbons (Fsp3) is 1.00. The minimum absolute atomic E-state index is 4.61. The van der Waals surface area contributed by atoms with Crippen molar-refractivity contribution < 1.29 is 114 Å². The topological polar surface area (TPSA) is 0 Å². The Bertz CT molecular complexity index is 814. The lowest BCUT2D eigenvalue weighted by Crippen LogP contribution is -2.71. The summed E-state index contributed by atoms with van der Waals surface area (Å²) in [5, 5.41) is -16.9. The van der Waals surface area contributed by atoms with Crippen molar-refractivity contribution in [1.29, 1.82) is 0 Å². The Hall–Kier alpha value is -1.47. The van der Waals surface area contributed by atoms with Gasteiger partial charge in [-0.1, -0.05) is 0 Å². The van der Waals surface area contributed by atoms with E-state index in [1.165, 1.54) is 0 Å². The molecule has 0 saturated heterocycles. The normalized spacial score (nSPS) is 17.1. The SMILES string of the molecule is FC(F)(F)C(F)(F)C(F)(F)C(F)(F)C(F)(F)C(F)(F)SC(F)(F)C(F)(F)C(F)(F)C(F)(F)C(F)(F)C(F)(F)F. The summed E-state index contributed by atoms with van der Waals surface area (Å²) in [5.41, 5.74) is 0. The standard InChI is InChI=1S/C12F26S/c13-1(14,5(21,22)9(29,30)31)3(17,18)7(25,26)11(35,36)39-12(37,38)8(27,28)4(19,20)2(15,16)6(23,24)10(32,33)34. The largest absolute Gasteiger partial charge is 0.460 e. The number of thioether (sulfide) groups is 1. The van der Waals surface area contributed by atoms with Crippen molar-refractivity contribution in [2.75, 3.05) is 0 Å². The van der Waals surface area contributed by atoms with E-state index in [1.807, 2.05) is 0 Å². The second-order valence-corrected chi connectivity index (χ2v) is 7.96. The third kappa shape index (κ3) is 4.87. The molecule has 0 aromatic carbocycles. The molecule has 0 nitrogen and oxygen atoms in total. The molecule has 0 radical (unpaired) electrons. The maximum absolute atomic E-state index is 13.3. The molecule has 0 heterocycles. The van der Waals surface area contributed by atoms with Crippen LogP contribution < -0.4 is 0 Å². The predicted molar refractivity (Wildman–Crippen MR) is 69.2 cm³/mol. The third-order valence-electron chi connectivity index (χ3n) is 4.07. The zero-order valence-corrected chi connectivity index (χ0v) is 17.1. The molecule has 27 heteroatoms. The third-order valence-corrected chi connectivity index (χ3v) is 5.09. The average molecular weight is 670 g/mol. The average Bonchev–Trinajstić information content (AvgIpc) is 2.63. The molecule has 0 amide bonds. The van der Waals surface area contributed by atoms with Crippen LogP contribution in [0.4, 0.5) is 114 Å². The number of hydrogen-bond donors (Lipinski definition) is 0. The van der Waals surface area contributed by atoms with Crippen LogP contribution in [0.1, 0.15) is 0 Å². The molecular formula is C12F26S. The number of hydrogen-bond acceptors (Lipinski definition) is 1. The highest BCUT2D eigenvalue weighted by atomic mass is 32.2. The smallest absolute Gasteiger partial charge is 0.192 e. The quantitative estimate of drug-likeness (QED) is 0.209. The zero-order chi connectivity index (χ0) is 32.7. The Morgan fingerprint density at radius 2 is 0.359 bits per heavy atom. The molecule has 39 heavy (non-hydrogen) atoms.